The second-order valence-electron chi connectivity index (χ2n) is 5.59. The third kappa shape index (κ3) is 3.29. The van der Waals surface area contributed by atoms with Crippen LogP contribution in [-0.4, -0.2) is 0 Å². The minimum absolute atomic E-state index is 0.217. The fourth-order valence-corrected chi connectivity index (χ4v) is 3.60. The molecule has 0 spiro atoms. The normalized spacial score (nSPS) is 18.2. The first-order valence-electron chi connectivity index (χ1n) is 7.50. The summed E-state index contributed by atoms with van der Waals surface area (Å²) in [6.07, 6.45) is 8.95. The molecule has 0 N–H and O–H groups in total. The van der Waals surface area contributed by atoms with E-state index < -0.39 is 0 Å². The van der Waals surface area contributed by atoms with Crippen LogP contribution in [0.2, 0.25) is 0 Å². The van der Waals surface area contributed by atoms with Crippen molar-refractivity contribution in [1.82, 2.24) is 0 Å². The minimum Gasteiger partial charge on any atom is -0.118 e. The smallest absolute Gasteiger partial charge is 0.0590 e. The Balaban J connectivity index is 2.13. The van der Waals surface area contributed by atoms with Gasteiger partial charge in [0.05, 0.1) is 5.38 Å². The van der Waals surface area contributed by atoms with Crippen molar-refractivity contribution in [2.75, 3.05) is 0 Å². The lowest BCUT2D eigenvalue weighted by Crippen LogP contribution is -2.03. The molecule has 0 saturated heterocycles. The summed E-state index contributed by atoms with van der Waals surface area (Å²) in [6.45, 7) is 4.44. The first-order valence-corrected chi connectivity index (χ1v) is 7.94. The third-order valence-electron chi connectivity index (χ3n) is 4.35. The van der Waals surface area contributed by atoms with Crippen LogP contribution in [0.5, 0.6) is 0 Å². The van der Waals surface area contributed by atoms with Gasteiger partial charge in [-0.1, -0.05) is 57.7 Å². The van der Waals surface area contributed by atoms with Crippen molar-refractivity contribution in [3.05, 3.63) is 34.9 Å². The first kappa shape index (κ1) is 13.9. The van der Waals surface area contributed by atoms with Crippen molar-refractivity contribution >= 4 is 11.6 Å². The zero-order valence-corrected chi connectivity index (χ0v) is 12.5. The van der Waals surface area contributed by atoms with Crippen molar-refractivity contribution in [3.8, 4) is 0 Å². The molecule has 1 aliphatic rings. The largest absolute Gasteiger partial charge is 0.118 e. The minimum atomic E-state index is 0.217. The molecular formula is C17H25Cl. The molecule has 0 amide bonds. The van der Waals surface area contributed by atoms with E-state index in [-0.39, 0.29) is 5.38 Å². The van der Waals surface area contributed by atoms with E-state index in [1.54, 1.807) is 0 Å². The van der Waals surface area contributed by atoms with Gasteiger partial charge in [0.1, 0.15) is 0 Å². The van der Waals surface area contributed by atoms with Gasteiger partial charge in [-0.3, -0.25) is 0 Å². The Bertz CT molecular complexity index is 377. The van der Waals surface area contributed by atoms with Crippen molar-refractivity contribution in [2.45, 2.75) is 64.2 Å². The van der Waals surface area contributed by atoms with E-state index in [2.05, 4.69) is 32.0 Å². The molecule has 0 heterocycles. The molecular weight excluding hydrogens is 240 g/mol. The number of benzene rings is 1. The summed E-state index contributed by atoms with van der Waals surface area (Å²) < 4.78 is 0. The van der Waals surface area contributed by atoms with Gasteiger partial charge in [-0.05, 0) is 41.9 Å². The van der Waals surface area contributed by atoms with Crippen LogP contribution in [0.25, 0.3) is 0 Å². The van der Waals surface area contributed by atoms with Crippen LogP contribution >= 0.6 is 11.6 Å². The number of hydrogen-bond acceptors (Lipinski definition) is 0. The Morgan fingerprint density at radius 1 is 1.17 bits per heavy atom. The Morgan fingerprint density at radius 2 is 1.89 bits per heavy atom. The highest BCUT2D eigenvalue weighted by Gasteiger charge is 2.21. The first-order chi connectivity index (χ1) is 8.74. The number of hydrogen-bond donors (Lipinski definition) is 0. The second kappa shape index (κ2) is 6.61. The summed E-state index contributed by atoms with van der Waals surface area (Å²) in [5, 5.41) is 0.217. The highest BCUT2D eigenvalue weighted by molar-refractivity contribution is 6.20. The number of halogens is 1. The van der Waals surface area contributed by atoms with Crippen LogP contribution in [0.1, 0.15) is 68.0 Å². The van der Waals surface area contributed by atoms with Crippen molar-refractivity contribution in [3.63, 3.8) is 0 Å². The van der Waals surface area contributed by atoms with E-state index in [0.717, 1.165) is 18.8 Å². The zero-order chi connectivity index (χ0) is 13.0. The van der Waals surface area contributed by atoms with Gasteiger partial charge in [-0.25, -0.2) is 0 Å². The van der Waals surface area contributed by atoms with Gasteiger partial charge < -0.3 is 0 Å². The van der Waals surface area contributed by atoms with Crippen LogP contribution in [0.15, 0.2) is 18.2 Å². The molecule has 18 heavy (non-hydrogen) atoms. The van der Waals surface area contributed by atoms with Gasteiger partial charge in [-0.2, -0.15) is 0 Å². The summed E-state index contributed by atoms with van der Waals surface area (Å²) in [7, 11) is 0. The average molecular weight is 265 g/mol. The quantitative estimate of drug-likeness (QED) is 0.601. The fraction of sp³-hybridized carbons (Fsp3) is 0.647. The van der Waals surface area contributed by atoms with E-state index in [1.165, 1.54) is 48.8 Å². The molecule has 1 unspecified atom stereocenters. The lowest BCUT2D eigenvalue weighted by molar-refractivity contribution is 0.494. The van der Waals surface area contributed by atoms with Crippen LogP contribution in [0.3, 0.4) is 0 Å². The summed E-state index contributed by atoms with van der Waals surface area (Å²) in [4.78, 5) is 0. The Hall–Kier alpha value is -0.490. The van der Waals surface area contributed by atoms with Crippen LogP contribution in [0.4, 0.5) is 0 Å². The van der Waals surface area contributed by atoms with Crippen LogP contribution in [-0.2, 0) is 12.8 Å². The van der Waals surface area contributed by atoms with Gasteiger partial charge in [0.2, 0.25) is 0 Å². The van der Waals surface area contributed by atoms with Crippen LogP contribution < -0.4 is 0 Å². The predicted molar refractivity (Wildman–Crippen MR) is 80.4 cm³/mol. The monoisotopic (exact) mass is 264 g/mol. The molecule has 1 saturated carbocycles. The molecule has 1 aromatic rings. The van der Waals surface area contributed by atoms with E-state index in [0.29, 0.717) is 0 Å². The molecule has 0 bridgehead atoms. The van der Waals surface area contributed by atoms with Crippen LogP contribution in [0, 0.1) is 5.92 Å². The molecule has 1 fully saturated rings. The second-order valence-corrected chi connectivity index (χ2v) is 6.12. The molecule has 1 heteroatoms. The Morgan fingerprint density at radius 3 is 2.50 bits per heavy atom. The topological polar surface area (TPSA) is 0 Å². The maximum Gasteiger partial charge on any atom is 0.0590 e. The van der Waals surface area contributed by atoms with Crippen molar-refractivity contribution in [1.29, 1.82) is 0 Å². The zero-order valence-electron chi connectivity index (χ0n) is 11.7. The number of alkyl halides is 1. The van der Waals surface area contributed by atoms with Gasteiger partial charge >= 0.3 is 0 Å². The lowest BCUT2D eigenvalue weighted by Gasteiger charge is -2.18. The molecule has 0 aliphatic heterocycles. The fourth-order valence-electron chi connectivity index (χ4n) is 3.14. The lowest BCUT2D eigenvalue weighted by atomic mass is 9.92. The Kier molecular flexibility index (Phi) is 5.12. The summed E-state index contributed by atoms with van der Waals surface area (Å²) in [5.74, 6) is 0.863. The average Bonchev–Trinajstić information content (AvgIpc) is 2.90. The van der Waals surface area contributed by atoms with E-state index >= 15 is 0 Å². The SMILES string of the molecule is CCc1ccc(CC)c(C(Cl)CC2CCCC2)c1. The molecule has 1 atom stereocenters. The molecule has 0 aromatic heterocycles. The molecule has 1 aromatic carbocycles. The van der Waals surface area contributed by atoms with Crippen molar-refractivity contribution in [2.24, 2.45) is 5.92 Å². The Labute approximate surface area is 117 Å². The van der Waals surface area contributed by atoms with Gasteiger partial charge in [-0.15, -0.1) is 11.6 Å². The van der Waals surface area contributed by atoms with E-state index in [1.807, 2.05) is 0 Å². The van der Waals surface area contributed by atoms with Crippen molar-refractivity contribution < 1.29 is 0 Å². The number of aryl methyl sites for hydroxylation is 2. The summed E-state index contributed by atoms with van der Waals surface area (Å²) in [6, 6.07) is 6.87. The van der Waals surface area contributed by atoms with Gasteiger partial charge in [0, 0.05) is 0 Å². The standard InChI is InChI=1S/C17H25Cl/c1-3-13-9-10-15(4-2)16(11-13)17(18)12-14-7-5-6-8-14/h9-11,14,17H,3-8,12H2,1-2H3. The summed E-state index contributed by atoms with van der Waals surface area (Å²) >= 11 is 6.70. The van der Waals surface area contributed by atoms with E-state index in [9.17, 15) is 0 Å². The molecule has 1 aliphatic carbocycles. The molecule has 0 radical (unpaired) electrons. The van der Waals surface area contributed by atoms with Gasteiger partial charge in [0.15, 0.2) is 0 Å². The molecule has 2 rings (SSSR count). The maximum absolute atomic E-state index is 6.70. The molecule has 100 valence electrons. The maximum atomic E-state index is 6.70. The molecule has 0 nitrogen and oxygen atoms in total. The highest BCUT2D eigenvalue weighted by Crippen LogP contribution is 2.37. The number of rotatable bonds is 5. The van der Waals surface area contributed by atoms with Gasteiger partial charge in [0.25, 0.3) is 0 Å². The highest BCUT2D eigenvalue weighted by atomic mass is 35.5. The van der Waals surface area contributed by atoms with E-state index in [4.69, 9.17) is 11.6 Å². The third-order valence-corrected chi connectivity index (χ3v) is 4.77. The summed E-state index contributed by atoms with van der Waals surface area (Å²) in [5.41, 5.74) is 4.25. The predicted octanol–water partition coefficient (Wildman–Crippen LogP) is 5.67.